The van der Waals surface area contributed by atoms with Crippen LogP contribution in [0, 0.1) is 0 Å². The van der Waals surface area contributed by atoms with Gasteiger partial charge in [0.2, 0.25) is 0 Å². The molecule has 0 aliphatic carbocycles. The van der Waals surface area contributed by atoms with Crippen LogP contribution in [0.25, 0.3) is 0 Å². The van der Waals surface area contributed by atoms with Crippen LogP contribution in [0.3, 0.4) is 0 Å². The average Bonchev–Trinajstić information content (AvgIpc) is 2.65. The Labute approximate surface area is 79.1 Å². The Balaban J connectivity index is 2.68. The van der Waals surface area contributed by atoms with Gasteiger partial charge in [0.25, 0.3) is 0 Å². The molecule has 2 unspecified atom stereocenters. The maximum Gasteiger partial charge on any atom is 0.123 e. The van der Waals surface area contributed by atoms with Crippen LogP contribution in [0.15, 0.2) is 22.8 Å². The fraction of sp³-hybridized carbons (Fsp3) is 0.600. The summed E-state index contributed by atoms with van der Waals surface area (Å²) in [5.74, 6) is 0.927. The predicted molar refractivity (Wildman–Crippen MR) is 51.6 cm³/mol. The zero-order valence-electron chi connectivity index (χ0n) is 8.41. The molecule has 74 valence electrons. The van der Waals surface area contributed by atoms with Crippen LogP contribution in [-0.4, -0.2) is 19.8 Å². The zero-order valence-corrected chi connectivity index (χ0v) is 8.41. The molecule has 0 spiro atoms. The summed E-state index contributed by atoms with van der Waals surface area (Å²) in [6, 6.07) is 4.00. The molecule has 0 aliphatic heterocycles. The van der Waals surface area contributed by atoms with E-state index in [1.165, 1.54) is 0 Å². The van der Waals surface area contributed by atoms with Gasteiger partial charge in [-0.1, -0.05) is 6.92 Å². The zero-order chi connectivity index (χ0) is 9.68. The second-order valence-electron chi connectivity index (χ2n) is 2.99. The van der Waals surface area contributed by atoms with Gasteiger partial charge in [0.05, 0.1) is 18.4 Å². The first-order valence-electron chi connectivity index (χ1n) is 4.59. The van der Waals surface area contributed by atoms with E-state index in [0.717, 1.165) is 12.3 Å². The molecule has 0 saturated carbocycles. The highest BCUT2D eigenvalue weighted by Gasteiger charge is 2.19. The van der Waals surface area contributed by atoms with Crippen molar-refractivity contribution in [2.75, 3.05) is 13.7 Å². The monoisotopic (exact) mass is 183 g/mol. The van der Waals surface area contributed by atoms with Gasteiger partial charge in [-0.3, -0.25) is 0 Å². The Hall–Kier alpha value is -0.800. The molecule has 3 heteroatoms. The molecular formula is C10H17NO2. The van der Waals surface area contributed by atoms with Gasteiger partial charge in [-0.05, 0) is 25.6 Å². The van der Waals surface area contributed by atoms with E-state index >= 15 is 0 Å². The van der Waals surface area contributed by atoms with Crippen molar-refractivity contribution in [3.8, 4) is 0 Å². The van der Waals surface area contributed by atoms with E-state index in [1.807, 2.05) is 19.1 Å². The second kappa shape index (κ2) is 5.04. The number of furan rings is 1. The van der Waals surface area contributed by atoms with Crippen molar-refractivity contribution >= 4 is 0 Å². The van der Waals surface area contributed by atoms with Gasteiger partial charge in [-0.2, -0.15) is 0 Å². The normalized spacial score (nSPS) is 15.6. The van der Waals surface area contributed by atoms with Crippen molar-refractivity contribution in [3.05, 3.63) is 24.2 Å². The summed E-state index contributed by atoms with van der Waals surface area (Å²) >= 11 is 0. The standard InChI is InChI=1S/C10H17NO2/c1-4-11-10(8(2)12-3)9-6-5-7-13-9/h5-8,10-11H,4H2,1-3H3. The lowest BCUT2D eigenvalue weighted by Gasteiger charge is -2.21. The Morgan fingerprint density at radius 1 is 1.62 bits per heavy atom. The topological polar surface area (TPSA) is 34.4 Å². The van der Waals surface area contributed by atoms with E-state index in [9.17, 15) is 0 Å². The van der Waals surface area contributed by atoms with Crippen molar-refractivity contribution < 1.29 is 9.15 Å². The molecule has 2 atom stereocenters. The third-order valence-corrected chi connectivity index (χ3v) is 2.11. The number of hydrogen-bond acceptors (Lipinski definition) is 3. The molecular weight excluding hydrogens is 166 g/mol. The third-order valence-electron chi connectivity index (χ3n) is 2.11. The van der Waals surface area contributed by atoms with Gasteiger partial charge in [-0.15, -0.1) is 0 Å². The van der Waals surface area contributed by atoms with E-state index in [2.05, 4.69) is 12.2 Å². The highest BCUT2D eigenvalue weighted by Crippen LogP contribution is 2.18. The Bertz CT molecular complexity index is 221. The van der Waals surface area contributed by atoms with Crippen LogP contribution < -0.4 is 5.32 Å². The van der Waals surface area contributed by atoms with Crippen LogP contribution >= 0.6 is 0 Å². The molecule has 0 amide bonds. The molecule has 0 aliphatic rings. The maximum absolute atomic E-state index is 5.33. The molecule has 13 heavy (non-hydrogen) atoms. The van der Waals surface area contributed by atoms with Gasteiger partial charge in [0, 0.05) is 7.11 Å². The molecule has 1 heterocycles. The molecule has 0 saturated heterocycles. The molecule has 1 aromatic rings. The summed E-state index contributed by atoms with van der Waals surface area (Å²) in [6.07, 6.45) is 1.80. The minimum atomic E-state index is 0.117. The lowest BCUT2D eigenvalue weighted by molar-refractivity contribution is 0.0760. The number of likely N-dealkylation sites (N-methyl/N-ethyl adjacent to an activating group) is 1. The van der Waals surface area contributed by atoms with Gasteiger partial charge < -0.3 is 14.5 Å². The maximum atomic E-state index is 5.33. The van der Waals surface area contributed by atoms with Crippen LogP contribution in [-0.2, 0) is 4.74 Å². The van der Waals surface area contributed by atoms with Crippen LogP contribution in [0.4, 0.5) is 0 Å². The van der Waals surface area contributed by atoms with Crippen molar-refractivity contribution in [2.45, 2.75) is 26.0 Å². The third kappa shape index (κ3) is 2.57. The SMILES string of the molecule is CCNC(c1ccco1)C(C)OC. The fourth-order valence-electron chi connectivity index (χ4n) is 1.32. The molecule has 0 aromatic carbocycles. The number of methoxy groups -OCH3 is 1. The molecule has 0 bridgehead atoms. The van der Waals surface area contributed by atoms with E-state index in [1.54, 1.807) is 13.4 Å². The highest BCUT2D eigenvalue weighted by molar-refractivity contribution is 5.06. The molecule has 0 fully saturated rings. The van der Waals surface area contributed by atoms with Gasteiger partial charge in [0.1, 0.15) is 5.76 Å². The number of ether oxygens (including phenoxy) is 1. The van der Waals surface area contributed by atoms with E-state index in [0.29, 0.717) is 0 Å². The predicted octanol–water partition coefficient (Wildman–Crippen LogP) is 1.97. The summed E-state index contributed by atoms with van der Waals surface area (Å²) in [7, 11) is 1.71. The quantitative estimate of drug-likeness (QED) is 0.757. The summed E-state index contributed by atoms with van der Waals surface area (Å²) in [6.45, 7) is 4.99. The lowest BCUT2D eigenvalue weighted by Crippen LogP contribution is -2.30. The van der Waals surface area contributed by atoms with E-state index in [-0.39, 0.29) is 12.1 Å². The number of nitrogens with one attached hydrogen (secondary N) is 1. The molecule has 3 nitrogen and oxygen atoms in total. The van der Waals surface area contributed by atoms with Crippen molar-refractivity contribution in [1.82, 2.24) is 5.32 Å². The van der Waals surface area contributed by atoms with Crippen molar-refractivity contribution in [2.24, 2.45) is 0 Å². The fourth-order valence-corrected chi connectivity index (χ4v) is 1.32. The molecule has 1 N–H and O–H groups in total. The Morgan fingerprint density at radius 2 is 2.38 bits per heavy atom. The van der Waals surface area contributed by atoms with E-state index < -0.39 is 0 Å². The summed E-state index contributed by atoms with van der Waals surface area (Å²) < 4.78 is 10.6. The summed E-state index contributed by atoms with van der Waals surface area (Å²) in [5, 5.41) is 3.32. The Morgan fingerprint density at radius 3 is 2.85 bits per heavy atom. The summed E-state index contributed by atoms with van der Waals surface area (Å²) in [5.41, 5.74) is 0. The minimum absolute atomic E-state index is 0.117. The number of rotatable bonds is 5. The second-order valence-corrected chi connectivity index (χ2v) is 2.99. The molecule has 0 radical (unpaired) electrons. The van der Waals surface area contributed by atoms with Gasteiger partial charge >= 0.3 is 0 Å². The average molecular weight is 183 g/mol. The van der Waals surface area contributed by atoms with Gasteiger partial charge in [-0.25, -0.2) is 0 Å². The lowest BCUT2D eigenvalue weighted by atomic mass is 10.1. The van der Waals surface area contributed by atoms with Crippen molar-refractivity contribution in [3.63, 3.8) is 0 Å². The molecule has 1 aromatic heterocycles. The first-order valence-corrected chi connectivity index (χ1v) is 4.59. The number of hydrogen-bond donors (Lipinski definition) is 1. The smallest absolute Gasteiger partial charge is 0.123 e. The van der Waals surface area contributed by atoms with Crippen LogP contribution in [0.5, 0.6) is 0 Å². The van der Waals surface area contributed by atoms with E-state index in [4.69, 9.17) is 9.15 Å². The first kappa shape index (κ1) is 10.3. The van der Waals surface area contributed by atoms with Crippen molar-refractivity contribution in [1.29, 1.82) is 0 Å². The highest BCUT2D eigenvalue weighted by atomic mass is 16.5. The van der Waals surface area contributed by atoms with Crippen LogP contribution in [0.1, 0.15) is 25.6 Å². The van der Waals surface area contributed by atoms with Gasteiger partial charge in [0.15, 0.2) is 0 Å². The van der Waals surface area contributed by atoms with Crippen LogP contribution in [0.2, 0.25) is 0 Å². The Kier molecular flexibility index (Phi) is 3.99. The largest absolute Gasteiger partial charge is 0.468 e. The minimum Gasteiger partial charge on any atom is -0.468 e. The molecule has 1 rings (SSSR count). The first-order chi connectivity index (χ1) is 6.29. The summed E-state index contributed by atoms with van der Waals surface area (Å²) in [4.78, 5) is 0.